The van der Waals surface area contributed by atoms with Gasteiger partial charge in [-0.1, -0.05) is 86.9 Å². The molecule has 0 radical (unpaired) electrons. The molecule has 0 saturated carbocycles. The summed E-state index contributed by atoms with van der Waals surface area (Å²) in [6, 6.07) is 15.5. The normalized spacial score (nSPS) is 13.2. The number of carbonyl (C=O) groups is 1. The molecular weight excluding hydrogens is 867 g/mol. The molecule has 388 valence electrons. The summed E-state index contributed by atoms with van der Waals surface area (Å²) in [6.07, 6.45) is 7.64. The van der Waals surface area contributed by atoms with Gasteiger partial charge in [0.15, 0.2) is 0 Å². The fourth-order valence-corrected chi connectivity index (χ4v) is 7.81. The topological polar surface area (TPSA) is 259 Å². The highest BCUT2D eigenvalue weighted by molar-refractivity contribution is 6.09. The number of hydrogen-bond donors (Lipinski definition) is 7. The van der Waals surface area contributed by atoms with E-state index in [-0.39, 0.29) is 61.4 Å². The van der Waals surface area contributed by atoms with Crippen molar-refractivity contribution in [3.05, 3.63) is 82.8 Å². The fourth-order valence-electron chi connectivity index (χ4n) is 7.81. The molecule has 1 fully saturated rings. The van der Waals surface area contributed by atoms with Gasteiger partial charge in [0, 0.05) is 49.7 Å². The number of halogens is 2. The number of amides is 1. The van der Waals surface area contributed by atoms with Crippen LogP contribution in [0.15, 0.2) is 70.1 Å². The lowest BCUT2D eigenvalue weighted by molar-refractivity contribution is -0.131. The van der Waals surface area contributed by atoms with Crippen LogP contribution in [0.3, 0.4) is 0 Å². The molecule has 7 rings (SSSR count). The third-order valence-corrected chi connectivity index (χ3v) is 10.5. The first-order valence-corrected chi connectivity index (χ1v) is 22.6. The third kappa shape index (κ3) is 16.2. The molecular formula is C49H90F2N8O8. The van der Waals surface area contributed by atoms with Gasteiger partial charge in [0.1, 0.15) is 22.8 Å². The second-order valence-corrected chi connectivity index (χ2v) is 15.0. The van der Waals surface area contributed by atoms with E-state index in [1.165, 1.54) is 6.42 Å². The molecule has 1 saturated heterocycles. The number of benzene rings is 3. The molecule has 1 amide bonds. The molecule has 0 spiro atoms. The number of aliphatic hydroxyl groups excluding tert-OH is 2. The zero-order chi connectivity index (χ0) is 47.2. The molecule has 1 aliphatic heterocycles. The Morgan fingerprint density at radius 1 is 0.881 bits per heavy atom. The Bertz CT molecular complexity index is 2340. The molecule has 3 aromatic carbocycles. The van der Waals surface area contributed by atoms with Crippen molar-refractivity contribution >= 4 is 38.6 Å². The van der Waals surface area contributed by atoms with E-state index in [2.05, 4.69) is 78.3 Å². The van der Waals surface area contributed by atoms with E-state index < -0.39 is 0 Å². The number of nitrogens with one attached hydrogen (secondary N) is 4. The highest BCUT2D eigenvalue weighted by Gasteiger charge is 2.32. The summed E-state index contributed by atoms with van der Waals surface area (Å²) in [5.41, 5.74) is 6.93. The monoisotopic (exact) mass is 957 g/mol. The van der Waals surface area contributed by atoms with Crippen LogP contribution in [0, 0.1) is 5.92 Å². The smallest absolute Gasteiger partial charge is 0.237 e. The Labute approximate surface area is 400 Å². The van der Waals surface area contributed by atoms with Gasteiger partial charge in [-0.2, -0.15) is 0 Å². The number of rotatable bonds is 13. The maximum Gasteiger partial charge on any atom is 0.237 e. The van der Waals surface area contributed by atoms with Gasteiger partial charge in [-0.15, -0.1) is 0 Å². The zero-order valence-electron chi connectivity index (χ0n) is 41.9. The van der Waals surface area contributed by atoms with Gasteiger partial charge in [0.2, 0.25) is 11.3 Å². The highest BCUT2D eigenvalue weighted by atomic mass is 19.0. The highest BCUT2D eigenvalue weighted by Crippen LogP contribution is 2.34. The fraction of sp³-hybridized carbons (Fsp3) is 0.510. The van der Waals surface area contributed by atoms with Gasteiger partial charge in [-0.05, 0) is 86.8 Å². The molecule has 4 heterocycles. The Morgan fingerprint density at radius 2 is 1.46 bits per heavy atom. The van der Waals surface area contributed by atoms with Crippen molar-refractivity contribution in [2.24, 2.45) is 5.92 Å². The lowest BCUT2D eigenvalue weighted by Crippen LogP contribution is -2.50. The first kappa shape index (κ1) is 66.1. The van der Waals surface area contributed by atoms with Crippen LogP contribution in [0.4, 0.5) is 9.41 Å². The van der Waals surface area contributed by atoms with Crippen molar-refractivity contribution in [2.45, 2.75) is 120 Å². The van der Waals surface area contributed by atoms with Crippen LogP contribution in [0.1, 0.15) is 118 Å². The molecule has 16 nitrogen and oxygen atoms in total. The molecule has 6 aromatic rings. The van der Waals surface area contributed by atoms with Crippen LogP contribution in [0.5, 0.6) is 0 Å². The van der Waals surface area contributed by atoms with E-state index in [1.54, 1.807) is 13.2 Å². The summed E-state index contributed by atoms with van der Waals surface area (Å²) in [5, 5.41) is 29.5. The first-order valence-electron chi connectivity index (χ1n) is 22.6. The molecule has 67 heavy (non-hydrogen) atoms. The maximum atomic E-state index is 14.2. The minimum Gasteiger partial charge on any atom is -0.456 e. The number of carbonyl (C=O) groups excluding carboxylic acids is 1. The maximum absolute atomic E-state index is 14.2. The molecule has 1 unspecified atom stereocenters. The minimum absolute atomic E-state index is 0. The number of fused-ring (bicyclic) bond motifs is 4. The summed E-state index contributed by atoms with van der Waals surface area (Å²) < 4.78 is 6.29. The largest absolute Gasteiger partial charge is 0.456 e. The predicted octanol–water partition coefficient (Wildman–Crippen LogP) is 8.69. The van der Waals surface area contributed by atoms with E-state index in [4.69, 9.17) is 19.6 Å². The first-order chi connectivity index (χ1) is 30.6. The van der Waals surface area contributed by atoms with Crippen molar-refractivity contribution < 1.29 is 50.7 Å². The summed E-state index contributed by atoms with van der Waals surface area (Å²) >= 11 is 0. The van der Waals surface area contributed by atoms with Crippen LogP contribution in [-0.2, 0) is 11.3 Å². The Morgan fingerprint density at radius 3 is 2.06 bits per heavy atom. The van der Waals surface area contributed by atoms with E-state index >= 15 is 0 Å². The molecule has 0 aliphatic carbocycles. The third-order valence-electron chi connectivity index (χ3n) is 10.5. The minimum atomic E-state index is -0.0972. The second kappa shape index (κ2) is 34.2. The Hall–Kier alpha value is -5.18. The van der Waals surface area contributed by atoms with Crippen molar-refractivity contribution in [2.75, 3.05) is 40.9 Å². The van der Waals surface area contributed by atoms with E-state index in [0.29, 0.717) is 41.6 Å². The number of aliphatic hydroxyl groups is 2. The van der Waals surface area contributed by atoms with Gasteiger partial charge in [-0.25, -0.2) is 15.4 Å². The summed E-state index contributed by atoms with van der Waals surface area (Å²) in [6.45, 7) is 23.3. The van der Waals surface area contributed by atoms with Crippen LogP contribution in [0.2, 0.25) is 0 Å². The quantitative estimate of drug-likeness (QED) is 0.0327. The summed E-state index contributed by atoms with van der Waals surface area (Å²) in [5.74, 6) is 1.93. The van der Waals surface area contributed by atoms with E-state index in [1.807, 2.05) is 81.3 Å². The van der Waals surface area contributed by atoms with Crippen molar-refractivity contribution in [3.8, 4) is 22.5 Å². The number of H-pyrrole nitrogens is 2. The van der Waals surface area contributed by atoms with Crippen molar-refractivity contribution in [1.29, 1.82) is 0 Å². The van der Waals surface area contributed by atoms with Crippen LogP contribution in [-0.4, -0.2) is 115 Å². The van der Waals surface area contributed by atoms with Crippen molar-refractivity contribution in [1.82, 2.24) is 40.5 Å². The molecule has 18 heteroatoms. The Kier molecular flexibility index (Phi) is 33.7. The number of likely N-dealkylation sites (N-methyl/N-ethyl adjacent to an activating group) is 1. The van der Waals surface area contributed by atoms with Crippen molar-refractivity contribution in [3.63, 3.8) is 0 Å². The zero-order valence-corrected chi connectivity index (χ0v) is 41.9. The standard InChI is InChI=1S/C40H48N8O4.C3H8.2C2H6.2CH4O.2FH.2H2O.4H2/c1-6-15-47(24(4)38(46-51)23(2)3)22-35-42-19-30(44-35)26-9-12-28-25(17-26)10-14-34-37(28)39(50)29-18-27(11-13-33(29)52-34)31-20-43-40(45-31)32-8-7-16-48(32)36(49)21-41-5;1-3-2;4*1-2;;;;;;;;/h9-14,17-20,23-24,32,38,41,46,51H,6-8,15-16,21-22H2,1-5H3,(H,42,44)(H,43,45);3H2,1-2H3;2*1-2H3;2*2H,1H3;2*1H;2*1H2;4*1H/t24?,32-,38-;;;;;;;;;;;;;/m0............./s1. The average Bonchev–Trinajstić information content (AvgIpc) is 4.12. The molecule has 1 aliphatic rings. The van der Waals surface area contributed by atoms with Gasteiger partial charge in [-0.3, -0.25) is 23.9 Å². The lowest BCUT2D eigenvalue weighted by Gasteiger charge is -2.35. The van der Waals surface area contributed by atoms with Gasteiger partial charge < -0.3 is 51.0 Å². The number of imidazole rings is 2. The lowest BCUT2D eigenvalue weighted by atomic mass is 9.97. The summed E-state index contributed by atoms with van der Waals surface area (Å²) in [7, 11) is 3.77. The molecule has 0 bridgehead atoms. The van der Waals surface area contributed by atoms with E-state index in [0.717, 1.165) is 85.0 Å². The SMILES string of the molecule is CC.CC.CCC.CCCN(Cc1ncc(-c2ccc3c(ccc4oc5ccc(-c6cnc([C@@H]7CCCN7C(=O)CNC)[nH]6)cc5c(=O)c43)c2)[nH]1)C(C)[C@@H](NO)C(C)C.CO.CO.F.F.O.O.[HH].[HH].[HH].[HH]. The van der Waals surface area contributed by atoms with Crippen LogP contribution < -0.4 is 16.2 Å². The van der Waals surface area contributed by atoms with Gasteiger partial charge >= 0.3 is 0 Å². The number of hydroxylamine groups is 1. The molecule has 3 atom stereocenters. The Balaban J connectivity index is -0.000000402. The predicted molar refractivity (Wildman–Crippen MR) is 280 cm³/mol. The average molecular weight is 957 g/mol. The molecule has 11 N–H and O–H groups in total. The number of hydrogen-bond acceptors (Lipinski definition) is 11. The number of nitrogens with zero attached hydrogens (tertiary/aromatic N) is 4. The number of aromatic amines is 2. The second-order valence-electron chi connectivity index (χ2n) is 15.0. The summed E-state index contributed by atoms with van der Waals surface area (Å²) in [4.78, 5) is 47.3. The number of aromatic nitrogens is 4. The molecule has 3 aromatic heterocycles. The van der Waals surface area contributed by atoms with Gasteiger partial charge in [0.05, 0.1) is 53.7 Å². The van der Waals surface area contributed by atoms with Crippen LogP contribution >= 0.6 is 0 Å². The van der Waals surface area contributed by atoms with E-state index in [9.17, 15) is 14.8 Å². The van der Waals surface area contributed by atoms with Gasteiger partial charge in [0.25, 0.3) is 0 Å². The van der Waals surface area contributed by atoms with Crippen LogP contribution in [0.25, 0.3) is 55.2 Å². The number of likely N-dealkylation sites (tertiary alicyclic amines) is 1.